The highest BCUT2D eigenvalue weighted by Crippen LogP contribution is 2.52. The first-order valence-electron chi connectivity index (χ1n) is 17.8. The summed E-state index contributed by atoms with van der Waals surface area (Å²) in [6, 6.07) is 10.8. The molecule has 54 heavy (non-hydrogen) atoms. The fourth-order valence-electron chi connectivity index (χ4n) is 7.78. The Balaban J connectivity index is 1.34. The number of benzene rings is 3. The number of Topliss-reactive ketones (excluding diaryl/α,β-unsaturated/α-hetero) is 1. The predicted molar refractivity (Wildman–Crippen MR) is 189 cm³/mol. The number of alkyl halides is 3. The van der Waals surface area contributed by atoms with E-state index in [-0.39, 0.29) is 29.0 Å². The quantitative estimate of drug-likeness (QED) is 0.0891. The van der Waals surface area contributed by atoms with E-state index < -0.39 is 70.3 Å². The number of hydrogen-bond donors (Lipinski definition) is 2. The molecule has 8 nitrogen and oxygen atoms in total. The molecule has 0 radical (unpaired) electrons. The molecule has 0 bridgehead atoms. The second-order valence-corrected chi connectivity index (χ2v) is 14.0. The van der Waals surface area contributed by atoms with Crippen molar-refractivity contribution in [2.45, 2.75) is 76.0 Å². The normalized spacial score (nSPS) is 21.4. The number of nitrogens with zero attached hydrogens (tertiary/aromatic N) is 2. The minimum Gasteiger partial charge on any atom is -0.509 e. The van der Waals surface area contributed by atoms with Gasteiger partial charge in [0.15, 0.2) is 28.9 Å². The summed E-state index contributed by atoms with van der Waals surface area (Å²) >= 11 is 0. The van der Waals surface area contributed by atoms with E-state index in [1.165, 1.54) is 37.4 Å². The molecule has 2 unspecified atom stereocenters. The van der Waals surface area contributed by atoms with Crippen molar-refractivity contribution in [2.24, 2.45) is 5.92 Å². The zero-order chi connectivity index (χ0) is 38.9. The van der Waals surface area contributed by atoms with Crippen molar-refractivity contribution in [1.29, 1.82) is 0 Å². The number of hydrazine groups is 1. The average Bonchev–Trinajstić information content (AvgIpc) is 3.54. The number of carbonyl (C=O) groups is 2. The third-order valence-corrected chi connectivity index (χ3v) is 10.8. The molecular weight excluding hydrogens is 711 g/mol. The van der Waals surface area contributed by atoms with E-state index >= 15 is 8.78 Å². The van der Waals surface area contributed by atoms with Gasteiger partial charge in [0.25, 0.3) is 5.91 Å². The topological polar surface area (TPSA) is 99.5 Å². The molecule has 2 aliphatic heterocycles. The maximum atomic E-state index is 15.5. The Bertz CT molecular complexity index is 2050. The molecule has 6 rings (SSSR count). The Morgan fingerprint density at radius 2 is 1.80 bits per heavy atom. The molecule has 13 heteroatoms. The molecular formula is C41H41F5N2O6. The number of aliphatic hydroxyl groups excluding tert-OH is 2. The Morgan fingerprint density at radius 1 is 1.02 bits per heavy atom. The van der Waals surface area contributed by atoms with E-state index in [9.17, 15) is 27.9 Å². The second-order valence-electron chi connectivity index (χ2n) is 14.0. The molecule has 0 aromatic heterocycles. The van der Waals surface area contributed by atoms with Gasteiger partial charge in [0.2, 0.25) is 0 Å². The number of unbranched alkanes of at least 4 members (excludes halogenated alkanes) is 2. The molecule has 0 spiro atoms. The number of carbonyl (C=O) groups excluding carboxylic acids is 2. The molecule has 3 atom stereocenters. The van der Waals surface area contributed by atoms with Gasteiger partial charge in [0.1, 0.15) is 11.3 Å². The lowest BCUT2D eigenvalue weighted by Gasteiger charge is -2.47. The van der Waals surface area contributed by atoms with Gasteiger partial charge in [-0.05, 0) is 86.8 Å². The van der Waals surface area contributed by atoms with Gasteiger partial charge in [-0.25, -0.2) is 13.8 Å². The lowest BCUT2D eigenvalue weighted by atomic mass is 9.65. The summed E-state index contributed by atoms with van der Waals surface area (Å²) in [7, 11) is 2.78. The molecule has 2 heterocycles. The van der Waals surface area contributed by atoms with Crippen LogP contribution in [0.5, 0.6) is 11.5 Å². The highest BCUT2D eigenvalue weighted by Gasteiger charge is 2.54. The predicted octanol–water partition coefficient (Wildman–Crippen LogP) is 7.87. The molecule has 1 saturated heterocycles. The van der Waals surface area contributed by atoms with Crippen LogP contribution in [0.3, 0.4) is 0 Å². The number of aliphatic hydroxyl groups is 2. The van der Waals surface area contributed by atoms with Crippen LogP contribution in [0.15, 0.2) is 59.9 Å². The summed E-state index contributed by atoms with van der Waals surface area (Å²) in [5.74, 6) is 0.0437. The van der Waals surface area contributed by atoms with Crippen LogP contribution in [-0.2, 0) is 22.3 Å². The Labute approximate surface area is 310 Å². The van der Waals surface area contributed by atoms with E-state index in [0.717, 1.165) is 12.1 Å². The van der Waals surface area contributed by atoms with Gasteiger partial charge in [0.05, 0.1) is 37.4 Å². The van der Waals surface area contributed by atoms with Crippen molar-refractivity contribution in [3.63, 3.8) is 0 Å². The van der Waals surface area contributed by atoms with Crippen LogP contribution in [0.4, 0.5) is 22.0 Å². The average molecular weight is 753 g/mol. The maximum Gasteiger partial charge on any atom is 0.416 e. The molecule has 1 amide bonds. The van der Waals surface area contributed by atoms with Gasteiger partial charge in [-0.2, -0.15) is 13.2 Å². The molecule has 286 valence electrons. The van der Waals surface area contributed by atoms with Crippen molar-refractivity contribution >= 4 is 11.7 Å². The summed E-state index contributed by atoms with van der Waals surface area (Å²) in [5.41, 5.74) is -1.94. The minimum atomic E-state index is -4.66. The summed E-state index contributed by atoms with van der Waals surface area (Å²) < 4.78 is 83.7. The van der Waals surface area contributed by atoms with E-state index in [4.69, 9.17) is 14.6 Å². The van der Waals surface area contributed by atoms with Crippen LogP contribution in [-0.4, -0.2) is 64.8 Å². The van der Waals surface area contributed by atoms with Crippen LogP contribution in [0.2, 0.25) is 0 Å². The molecule has 1 aliphatic carbocycles. The van der Waals surface area contributed by atoms with Crippen molar-refractivity contribution in [2.75, 3.05) is 27.4 Å². The Kier molecular flexibility index (Phi) is 11.1. The summed E-state index contributed by atoms with van der Waals surface area (Å²) in [6.07, 6.45) is -1.52. The Hall–Kier alpha value is -4.93. The fraction of sp³-hybridized carbons (Fsp3) is 0.415. The number of methoxy groups -OCH3 is 2. The minimum absolute atomic E-state index is 0.00611. The van der Waals surface area contributed by atoms with Crippen LogP contribution in [0, 0.1) is 29.4 Å². The smallest absolute Gasteiger partial charge is 0.416 e. The van der Waals surface area contributed by atoms with E-state index in [0.29, 0.717) is 68.4 Å². The zero-order valence-corrected chi connectivity index (χ0v) is 30.2. The third-order valence-electron chi connectivity index (χ3n) is 10.8. The maximum absolute atomic E-state index is 15.5. The number of ether oxygens (including phenoxy) is 2. The van der Waals surface area contributed by atoms with E-state index in [2.05, 4.69) is 11.8 Å². The number of ketones is 1. The van der Waals surface area contributed by atoms with Gasteiger partial charge in [-0.3, -0.25) is 14.6 Å². The molecule has 3 aliphatic rings. The van der Waals surface area contributed by atoms with Gasteiger partial charge in [0, 0.05) is 36.6 Å². The SMILES string of the molecule is COc1cccc(-c2cc(C(F)(F)F)ccc2[C@H]2CCC2C(=O)C2=C(O)C3(C)CCCN3N(Cc3ccc(C#CCCCCO)c(F)c3F)C2=O)c1OC. The lowest BCUT2D eigenvalue weighted by Crippen LogP contribution is -2.60. The van der Waals surface area contributed by atoms with Gasteiger partial charge in [-0.15, -0.1) is 0 Å². The van der Waals surface area contributed by atoms with E-state index in [1.54, 1.807) is 30.1 Å². The summed E-state index contributed by atoms with van der Waals surface area (Å²) in [5, 5.41) is 23.3. The van der Waals surface area contributed by atoms with Gasteiger partial charge >= 0.3 is 6.18 Å². The van der Waals surface area contributed by atoms with Crippen LogP contribution in [0.1, 0.15) is 80.0 Å². The first-order valence-corrected chi connectivity index (χ1v) is 17.8. The lowest BCUT2D eigenvalue weighted by molar-refractivity contribution is -0.161. The summed E-state index contributed by atoms with van der Waals surface area (Å²) in [6.45, 7) is 1.55. The first kappa shape index (κ1) is 38.8. The standard InChI is InChI=1S/C41H41F5N2O6/c1-40-19-9-20-48(40)47(23-25-14-13-24(34(42)35(25)43)10-6-4-5-7-21-49)39(52)33(38(40)51)36(50)29-18-17-27(29)28-16-15-26(41(44,45)46)22-31(28)30-11-8-12-32(53-2)37(30)54-3/h8,11-16,22,27,29,49,51H,4-5,7,9,17-21,23H2,1-3H3/t27-,29?,40?/m1/s1. The van der Waals surface area contributed by atoms with Crippen LogP contribution < -0.4 is 9.47 Å². The zero-order valence-electron chi connectivity index (χ0n) is 30.2. The third kappa shape index (κ3) is 6.93. The van der Waals surface area contributed by atoms with E-state index in [1.807, 2.05) is 0 Å². The van der Waals surface area contributed by atoms with Crippen molar-refractivity contribution in [3.05, 3.63) is 93.8 Å². The fourth-order valence-corrected chi connectivity index (χ4v) is 7.78. The first-order chi connectivity index (χ1) is 25.8. The number of fused-ring (bicyclic) bond motifs is 1. The van der Waals surface area contributed by atoms with Gasteiger partial charge < -0.3 is 19.7 Å². The summed E-state index contributed by atoms with van der Waals surface area (Å²) in [4.78, 5) is 28.7. The number of rotatable bonds is 11. The van der Waals surface area contributed by atoms with Crippen LogP contribution >= 0.6 is 0 Å². The molecule has 3 aromatic carbocycles. The molecule has 2 N–H and O–H groups in total. The number of amides is 1. The molecule has 3 aromatic rings. The highest BCUT2D eigenvalue weighted by atomic mass is 19.4. The Morgan fingerprint density at radius 3 is 2.46 bits per heavy atom. The largest absolute Gasteiger partial charge is 0.509 e. The highest BCUT2D eigenvalue weighted by molar-refractivity contribution is 6.21. The van der Waals surface area contributed by atoms with Crippen molar-refractivity contribution in [3.8, 4) is 34.5 Å². The molecule has 1 saturated carbocycles. The van der Waals surface area contributed by atoms with Crippen LogP contribution in [0.25, 0.3) is 11.1 Å². The number of hydrogen-bond acceptors (Lipinski definition) is 7. The number of para-hydroxylation sites is 1. The number of halogens is 5. The second kappa shape index (κ2) is 15.4. The van der Waals surface area contributed by atoms with Crippen molar-refractivity contribution in [1.82, 2.24) is 10.0 Å². The molecule has 2 fully saturated rings. The van der Waals surface area contributed by atoms with Crippen molar-refractivity contribution < 1.29 is 51.2 Å². The monoisotopic (exact) mass is 752 g/mol. The van der Waals surface area contributed by atoms with Gasteiger partial charge in [-0.1, -0.05) is 36.1 Å².